The number of aliphatic carboxylic acids is 2. The van der Waals surface area contributed by atoms with Crippen LogP contribution in [0.3, 0.4) is 0 Å². The van der Waals surface area contributed by atoms with Crippen molar-refractivity contribution < 1.29 is 46.1 Å². The molecule has 2 aliphatic heterocycles. The minimum atomic E-state index is -5.08. The normalized spacial score (nSPS) is 17.6. The summed E-state index contributed by atoms with van der Waals surface area (Å²) in [6.45, 7) is 9.22. The minimum absolute atomic E-state index is 0.551. The van der Waals surface area contributed by atoms with E-state index in [0.29, 0.717) is 5.41 Å². The van der Waals surface area contributed by atoms with E-state index >= 15 is 0 Å². The largest absolute Gasteiger partial charge is 0.490 e. The molecular formula is C25H32F6N4O4. The third-order valence-electron chi connectivity index (χ3n) is 6.73. The molecule has 14 heteroatoms. The van der Waals surface area contributed by atoms with Crippen LogP contribution in [0.2, 0.25) is 0 Å². The molecule has 2 aliphatic rings. The van der Waals surface area contributed by atoms with E-state index < -0.39 is 24.3 Å². The average molecular weight is 567 g/mol. The fourth-order valence-electron chi connectivity index (χ4n) is 4.46. The third kappa shape index (κ3) is 10.5. The molecule has 8 nitrogen and oxygen atoms in total. The van der Waals surface area contributed by atoms with Crippen LogP contribution in [0.25, 0.3) is 0 Å². The van der Waals surface area contributed by atoms with Crippen LogP contribution in [0.1, 0.15) is 36.2 Å². The highest BCUT2D eigenvalue weighted by molar-refractivity contribution is 5.73. The van der Waals surface area contributed by atoms with E-state index in [-0.39, 0.29) is 0 Å². The topological polar surface area (TPSA) is 98.9 Å². The molecule has 2 saturated heterocycles. The lowest BCUT2D eigenvalue weighted by Gasteiger charge is -2.39. The number of carboxylic acid groups (broad SMARTS) is 2. The van der Waals surface area contributed by atoms with Crippen molar-refractivity contribution in [2.75, 3.05) is 26.2 Å². The van der Waals surface area contributed by atoms with Crippen LogP contribution in [-0.4, -0.2) is 80.0 Å². The van der Waals surface area contributed by atoms with Crippen molar-refractivity contribution in [3.05, 3.63) is 53.6 Å². The maximum absolute atomic E-state index is 10.6. The maximum Gasteiger partial charge on any atom is 0.490 e. The van der Waals surface area contributed by atoms with E-state index in [2.05, 4.69) is 57.6 Å². The van der Waals surface area contributed by atoms with Crippen molar-refractivity contribution in [2.24, 2.45) is 12.5 Å². The number of aromatic nitrogens is 2. The van der Waals surface area contributed by atoms with Gasteiger partial charge in [-0.05, 0) is 56.8 Å². The van der Waals surface area contributed by atoms with Gasteiger partial charge in [0.15, 0.2) is 0 Å². The summed E-state index contributed by atoms with van der Waals surface area (Å²) in [5.41, 5.74) is 3.35. The van der Waals surface area contributed by atoms with Gasteiger partial charge in [-0.25, -0.2) is 14.6 Å². The second-order valence-electron chi connectivity index (χ2n) is 9.78. The molecule has 218 valence electrons. The molecule has 2 aromatic rings. The van der Waals surface area contributed by atoms with Gasteiger partial charge in [-0.15, -0.1) is 0 Å². The highest BCUT2D eigenvalue weighted by atomic mass is 19.4. The summed E-state index contributed by atoms with van der Waals surface area (Å²) < 4.78 is 65.6. The second-order valence-corrected chi connectivity index (χ2v) is 9.78. The average Bonchev–Trinajstić information content (AvgIpc) is 3.42. The number of halogens is 6. The number of piperidine rings is 1. The number of nitrogens with zero attached hydrogens (tertiary/aromatic N) is 4. The lowest BCUT2D eigenvalue weighted by atomic mass is 9.77. The number of carbonyl (C=O) groups is 2. The third-order valence-corrected chi connectivity index (χ3v) is 6.73. The highest BCUT2D eigenvalue weighted by Crippen LogP contribution is 2.41. The van der Waals surface area contributed by atoms with Crippen LogP contribution in [0.4, 0.5) is 26.3 Å². The summed E-state index contributed by atoms with van der Waals surface area (Å²) in [5, 5.41) is 14.2. The molecule has 2 N–H and O–H groups in total. The van der Waals surface area contributed by atoms with Crippen LogP contribution in [0.15, 0.2) is 36.7 Å². The van der Waals surface area contributed by atoms with Gasteiger partial charge in [0.25, 0.3) is 0 Å². The molecule has 0 aliphatic carbocycles. The fraction of sp³-hybridized carbons (Fsp3) is 0.560. The Labute approximate surface area is 221 Å². The molecule has 39 heavy (non-hydrogen) atoms. The van der Waals surface area contributed by atoms with Gasteiger partial charge in [0.05, 0.1) is 6.54 Å². The molecule has 1 aromatic carbocycles. The van der Waals surface area contributed by atoms with Gasteiger partial charge in [0, 0.05) is 32.5 Å². The van der Waals surface area contributed by atoms with Crippen molar-refractivity contribution in [2.45, 2.75) is 51.6 Å². The molecular weight excluding hydrogens is 534 g/mol. The lowest BCUT2D eigenvalue weighted by molar-refractivity contribution is -0.193. The van der Waals surface area contributed by atoms with Gasteiger partial charge in [0.1, 0.15) is 5.82 Å². The first-order chi connectivity index (χ1) is 18.0. The Hall–Kier alpha value is -3.13. The molecule has 1 aromatic heterocycles. The van der Waals surface area contributed by atoms with Crippen molar-refractivity contribution in [3.8, 4) is 0 Å². The van der Waals surface area contributed by atoms with E-state index in [9.17, 15) is 26.3 Å². The van der Waals surface area contributed by atoms with Gasteiger partial charge in [-0.1, -0.05) is 29.8 Å². The second kappa shape index (κ2) is 13.3. The summed E-state index contributed by atoms with van der Waals surface area (Å²) in [4.78, 5) is 27.5. The van der Waals surface area contributed by atoms with Gasteiger partial charge in [-0.3, -0.25) is 9.80 Å². The Morgan fingerprint density at radius 2 is 1.33 bits per heavy atom. The Kier molecular flexibility index (Phi) is 10.9. The van der Waals surface area contributed by atoms with Crippen LogP contribution in [0.5, 0.6) is 0 Å². The zero-order valence-electron chi connectivity index (χ0n) is 21.6. The number of alkyl halides is 6. The zero-order valence-corrected chi connectivity index (χ0v) is 21.6. The number of hydrogen-bond donors (Lipinski definition) is 2. The first kappa shape index (κ1) is 32.1. The molecule has 0 saturated carbocycles. The number of rotatable bonds is 4. The molecule has 0 bridgehead atoms. The van der Waals surface area contributed by atoms with Crippen LogP contribution >= 0.6 is 0 Å². The fourth-order valence-corrected chi connectivity index (χ4v) is 4.46. The molecule has 2 fully saturated rings. The van der Waals surface area contributed by atoms with E-state index in [4.69, 9.17) is 19.8 Å². The van der Waals surface area contributed by atoms with Crippen molar-refractivity contribution in [1.29, 1.82) is 0 Å². The minimum Gasteiger partial charge on any atom is -0.475 e. The number of aryl methyl sites for hydroxylation is 2. The number of benzene rings is 1. The first-order valence-electron chi connectivity index (χ1n) is 12.1. The summed E-state index contributed by atoms with van der Waals surface area (Å²) in [5.74, 6) is -4.33. The molecule has 0 unspecified atom stereocenters. The molecule has 0 atom stereocenters. The van der Waals surface area contributed by atoms with Crippen LogP contribution < -0.4 is 0 Å². The Morgan fingerprint density at radius 1 is 0.872 bits per heavy atom. The molecule has 1 spiro atoms. The molecule has 0 amide bonds. The van der Waals surface area contributed by atoms with Gasteiger partial charge in [0.2, 0.25) is 0 Å². The monoisotopic (exact) mass is 566 g/mol. The summed E-state index contributed by atoms with van der Waals surface area (Å²) >= 11 is 0. The molecule has 4 rings (SSSR count). The Balaban J connectivity index is 0.000000317. The number of hydrogen-bond acceptors (Lipinski definition) is 5. The maximum atomic E-state index is 10.6. The summed E-state index contributed by atoms with van der Waals surface area (Å²) in [6, 6.07) is 9.02. The summed E-state index contributed by atoms with van der Waals surface area (Å²) in [6.07, 6.45) is -2.17. The van der Waals surface area contributed by atoms with Crippen LogP contribution in [0, 0.1) is 12.3 Å². The zero-order chi connectivity index (χ0) is 29.4. The Morgan fingerprint density at radius 3 is 1.74 bits per heavy atom. The first-order valence-corrected chi connectivity index (χ1v) is 12.1. The molecule has 3 heterocycles. The number of imidazole rings is 1. The summed E-state index contributed by atoms with van der Waals surface area (Å²) in [7, 11) is 2.09. The standard InChI is InChI=1S/C21H30N4.2C2HF3O2/c1-18-3-5-19(6-4-18)15-24-11-7-21(8-12-24)9-13-25(17-21)16-20-22-10-14-23(20)2;2*3-2(4,5)1(6)7/h3-6,10,14H,7-9,11-13,15-17H2,1-2H3;2*(H,6,7). The van der Waals surface area contributed by atoms with E-state index in [1.54, 1.807) is 0 Å². The lowest BCUT2D eigenvalue weighted by Crippen LogP contribution is -2.41. The van der Waals surface area contributed by atoms with E-state index in [0.717, 1.165) is 13.1 Å². The van der Waals surface area contributed by atoms with Crippen molar-refractivity contribution in [3.63, 3.8) is 0 Å². The quantitative estimate of drug-likeness (QED) is 0.527. The number of likely N-dealkylation sites (tertiary alicyclic amines) is 2. The number of carboxylic acids is 2. The van der Waals surface area contributed by atoms with Crippen molar-refractivity contribution >= 4 is 11.9 Å². The predicted octanol–water partition coefficient (Wildman–Crippen LogP) is 4.48. The van der Waals surface area contributed by atoms with E-state index in [1.807, 2.05) is 12.4 Å². The van der Waals surface area contributed by atoms with Gasteiger partial charge >= 0.3 is 24.3 Å². The van der Waals surface area contributed by atoms with Crippen LogP contribution in [-0.2, 0) is 29.7 Å². The predicted molar refractivity (Wildman–Crippen MR) is 129 cm³/mol. The Bertz CT molecular complexity index is 1050. The smallest absolute Gasteiger partial charge is 0.475 e. The van der Waals surface area contributed by atoms with Gasteiger partial charge < -0.3 is 14.8 Å². The molecule has 0 radical (unpaired) electrons. The highest BCUT2D eigenvalue weighted by Gasteiger charge is 2.41. The van der Waals surface area contributed by atoms with E-state index in [1.165, 1.54) is 62.4 Å². The van der Waals surface area contributed by atoms with Crippen molar-refractivity contribution in [1.82, 2.24) is 19.4 Å². The van der Waals surface area contributed by atoms with Gasteiger partial charge in [-0.2, -0.15) is 26.3 Å². The SMILES string of the molecule is Cc1ccc(CN2CCC3(CC2)CCN(Cc2nccn2C)C3)cc1.O=C(O)C(F)(F)F.O=C(O)C(F)(F)F.